The second-order valence-corrected chi connectivity index (χ2v) is 6.11. The second kappa shape index (κ2) is 5.53. The predicted molar refractivity (Wildman–Crippen MR) is 83.8 cm³/mol. The molecule has 1 saturated carbocycles. The molecule has 0 aliphatic heterocycles. The van der Waals surface area contributed by atoms with Crippen LogP contribution in [0.2, 0.25) is 5.15 Å². The average molecular weight is 305 g/mol. The smallest absolute Gasteiger partial charge is 0.297 e. The summed E-state index contributed by atoms with van der Waals surface area (Å²) in [6.07, 6.45) is 2.76. The van der Waals surface area contributed by atoms with Gasteiger partial charge in [-0.15, -0.1) is 0 Å². The molecule has 1 heterocycles. The molecule has 1 aromatic carbocycles. The van der Waals surface area contributed by atoms with Crippen LogP contribution in [0.25, 0.3) is 11.1 Å². The number of hydrogen-bond donors (Lipinski definition) is 1. The molecule has 2 unspecified atom stereocenters. The van der Waals surface area contributed by atoms with Crippen molar-refractivity contribution in [3.05, 3.63) is 56.3 Å². The van der Waals surface area contributed by atoms with Gasteiger partial charge in [0.2, 0.25) is 0 Å². The van der Waals surface area contributed by atoms with Crippen LogP contribution in [-0.2, 0) is 0 Å². The van der Waals surface area contributed by atoms with Gasteiger partial charge in [0.05, 0.1) is 5.56 Å². The van der Waals surface area contributed by atoms with E-state index in [9.17, 15) is 9.59 Å². The van der Waals surface area contributed by atoms with Gasteiger partial charge in [0.15, 0.2) is 0 Å². The highest BCUT2D eigenvalue weighted by Gasteiger charge is 2.27. The molecule has 0 radical (unpaired) electrons. The maximum atomic E-state index is 12.8. The molecule has 1 aliphatic rings. The molecule has 0 bridgehead atoms. The average Bonchev–Trinajstić information content (AvgIpc) is 2.85. The van der Waals surface area contributed by atoms with E-state index in [4.69, 9.17) is 11.6 Å². The first-order valence-corrected chi connectivity index (χ1v) is 7.55. The van der Waals surface area contributed by atoms with Crippen LogP contribution in [0.15, 0.2) is 39.9 Å². The molecule has 110 valence electrons. The van der Waals surface area contributed by atoms with Gasteiger partial charge in [-0.3, -0.25) is 14.3 Å². The lowest BCUT2D eigenvalue weighted by atomic mass is 10.1. The highest BCUT2D eigenvalue weighted by molar-refractivity contribution is 6.32. The quantitative estimate of drug-likeness (QED) is 0.866. The Labute approximate surface area is 127 Å². The van der Waals surface area contributed by atoms with Crippen LogP contribution in [0.3, 0.4) is 0 Å². The summed E-state index contributed by atoms with van der Waals surface area (Å²) in [5.74, 6) is 0.539. The van der Waals surface area contributed by atoms with Gasteiger partial charge in [0, 0.05) is 6.04 Å². The van der Waals surface area contributed by atoms with Gasteiger partial charge < -0.3 is 0 Å². The van der Waals surface area contributed by atoms with Gasteiger partial charge in [0.1, 0.15) is 5.15 Å². The lowest BCUT2D eigenvalue weighted by Crippen LogP contribution is -2.38. The third-order valence-electron chi connectivity index (χ3n) is 4.18. The number of aromatic amines is 1. The van der Waals surface area contributed by atoms with Gasteiger partial charge >= 0.3 is 5.69 Å². The summed E-state index contributed by atoms with van der Waals surface area (Å²) >= 11 is 6.11. The summed E-state index contributed by atoms with van der Waals surface area (Å²) in [5, 5.41) is 0.110. The van der Waals surface area contributed by atoms with E-state index in [1.807, 2.05) is 30.3 Å². The van der Waals surface area contributed by atoms with Crippen LogP contribution in [0.1, 0.15) is 32.2 Å². The topological polar surface area (TPSA) is 54.9 Å². The molecular formula is C16H17ClN2O2. The van der Waals surface area contributed by atoms with Crippen LogP contribution < -0.4 is 11.2 Å². The number of nitrogens with zero attached hydrogens (tertiary/aromatic N) is 1. The van der Waals surface area contributed by atoms with E-state index in [1.165, 1.54) is 4.57 Å². The molecule has 3 rings (SSSR count). The van der Waals surface area contributed by atoms with Crippen molar-refractivity contribution in [3.63, 3.8) is 0 Å². The van der Waals surface area contributed by atoms with Crippen molar-refractivity contribution in [2.24, 2.45) is 5.92 Å². The van der Waals surface area contributed by atoms with Crippen molar-refractivity contribution in [1.82, 2.24) is 9.55 Å². The van der Waals surface area contributed by atoms with Crippen LogP contribution in [-0.4, -0.2) is 9.55 Å². The molecular weight excluding hydrogens is 288 g/mol. The van der Waals surface area contributed by atoms with Crippen LogP contribution in [0.4, 0.5) is 0 Å². The van der Waals surface area contributed by atoms with E-state index in [0.717, 1.165) is 24.8 Å². The number of aromatic nitrogens is 2. The molecule has 2 atom stereocenters. The van der Waals surface area contributed by atoms with E-state index in [1.54, 1.807) is 0 Å². The molecule has 4 nitrogen and oxygen atoms in total. The Morgan fingerprint density at radius 1 is 1.19 bits per heavy atom. The first-order chi connectivity index (χ1) is 10.1. The molecule has 0 spiro atoms. The lowest BCUT2D eigenvalue weighted by Gasteiger charge is -2.15. The van der Waals surface area contributed by atoms with Crippen molar-refractivity contribution >= 4 is 11.6 Å². The fourth-order valence-electron chi connectivity index (χ4n) is 3.12. The normalized spacial score (nSPS) is 21.6. The Morgan fingerprint density at radius 3 is 2.52 bits per heavy atom. The first-order valence-electron chi connectivity index (χ1n) is 7.17. The first kappa shape index (κ1) is 14.1. The zero-order chi connectivity index (χ0) is 15.0. The summed E-state index contributed by atoms with van der Waals surface area (Å²) in [6.45, 7) is 2.15. The third-order valence-corrected chi connectivity index (χ3v) is 4.47. The maximum absolute atomic E-state index is 12.8. The highest BCUT2D eigenvalue weighted by Crippen LogP contribution is 2.33. The third kappa shape index (κ3) is 2.56. The van der Waals surface area contributed by atoms with Crippen LogP contribution >= 0.6 is 11.6 Å². The van der Waals surface area contributed by atoms with Crippen LogP contribution in [0, 0.1) is 5.92 Å². The van der Waals surface area contributed by atoms with E-state index in [2.05, 4.69) is 11.9 Å². The molecule has 1 fully saturated rings. The number of H-pyrrole nitrogens is 1. The summed E-state index contributed by atoms with van der Waals surface area (Å²) < 4.78 is 1.34. The zero-order valence-electron chi connectivity index (χ0n) is 11.8. The fourth-order valence-corrected chi connectivity index (χ4v) is 3.39. The van der Waals surface area contributed by atoms with E-state index in [0.29, 0.717) is 11.5 Å². The van der Waals surface area contributed by atoms with Crippen molar-refractivity contribution < 1.29 is 0 Å². The summed E-state index contributed by atoms with van der Waals surface area (Å²) in [7, 11) is 0. The molecule has 5 heteroatoms. The Morgan fingerprint density at radius 2 is 1.90 bits per heavy atom. The zero-order valence-corrected chi connectivity index (χ0v) is 12.6. The lowest BCUT2D eigenvalue weighted by molar-refractivity contribution is 0.461. The molecule has 0 amide bonds. The predicted octanol–water partition coefficient (Wildman–Crippen LogP) is 3.22. The highest BCUT2D eigenvalue weighted by atomic mass is 35.5. The SMILES string of the molecule is CC1CCC(n2c(=O)[nH]c(Cl)c(-c3ccccc3)c2=O)C1. The summed E-state index contributed by atoms with van der Waals surface area (Å²) in [4.78, 5) is 27.5. The van der Waals surface area contributed by atoms with Gasteiger partial charge in [-0.1, -0.05) is 48.9 Å². The largest absolute Gasteiger partial charge is 0.329 e. The van der Waals surface area contributed by atoms with Gasteiger partial charge in [0.25, 0.3) is 5.56 Å². The van der Waals surface area contributed by atoms with Crippen molar-refractivity contribution in [2.75, 3.05) is 0 Å². The second-order valence-electron chi connectivity index (χ2n) is 5.73. The number of hydrogen-bond acceptors (Lipinski definition) is 2. The van der Waals surface area contributed by atoms with Gasteiger partial charge in [-0.05, 0) is 30.7 Å². The summed E-state index contributed by atoms with van der Waals surface area (Å²) in [5.41, 5.74) is 0.387. The Kier molecular flexibility index (Phi) is 3.72. The Bertz CT molecular complexity index is 764. The molecule has 0 saturated heterocycles. The number of benzene rings is 1. The van der Waals surface area contributed by atoms with Gasteiger partial charge in [-0.2, -0.15) is 0 Å². The maximum Gasteiger partial charge on any atom is 0.329 e. The standard InChI is InChI=1S/C16H17ClN2O2/c1-10-7-8-12(9-10)19-15(20)13(14(17)18-16(19)21)11-5-3-2-4-6-11/h2-6,10,12H,7-9H2,1H3,(H,18,21). The molecule has 2 aromatic rings. The van der Waals surface area contributed by atoms with Gasteiger partial charge in [-0.25, -0.2) is 4.79 Å². The number of nitrogens with one attached hydrogen (secondary N) is 1. The van der Waals surface area contributed by atoms with E-state index >= 15 is 0 Å². The minimum atomic E-state index is -0.413. The van der Waals surface area contributed by atoms with E-state index < -0.39 is 5.69 Å². The minimum absolute atomic E-state index is 0.0315. The van der Waals surface area contributed by atoms with Crippen molar-refractivity contribution in [2.45, 2.75) is 32.2 Å². The number of rotatable bonds is 2. The monoisotopic (exact) mass is 304 g/mol. The Balaban J connectivity index is 2.19. The molecule has 1 aromatic heterocycles. The van der Waals surface area contributed by atoms with Crippen molar-refractivity contribution in [3.8, 4) is 11.1 Å². The van der Waals surface area contributed by atoms with Crippen molar-refractivity contribution in [1.29, 1.82) is 0 Å². The summed E-state index contributed by atoms with van der Waals surface area (Å²) in [6, 6.07) is 9.18. The fraction of sp³-hybridized carbons (Fsp3) is 0.375. The number of halogens is 1. The minimum Gasteiger partial charge on any atom is -0.297 e. The molecule has 1 aliphatic carbocycles. The van der Waals surface area contributed by atoms with Crippen LogP contribution in [0.5, 0.6) is 0 Å². The van der Waals surface area contributed by atoms with E-state index in [-0.39, 0.29) is 16.8 Å². The molecule has 21 heavy (non-hydrogen) atoms. The Hall–Kier alpha value is -1.81. The molecule has 1 N–H and O–H groups in total.